The highest BCUT2D eigenvalue weighted by Gasteiger charge is 2.21. The van der Waals surface area contributed by atoms with E-state index in [1.807, 2.05) is 13.8 Å². The molecule has 0 radical (unpaired) electrons. The topological polar surface area (TPSA) is 89.3 Å². The number of carbonyl (C=O) groups excluding carboxylic acids is 1. The first-order valence-corrected chi connectivity index (χ1v) is 8.91. The summed E-state index contributed by atoms with van der Waals surface area (Å²) in [6, 6.07) is 0. The molecule has 5 nitrogen and oxygen atoms in total. The number of nitrogens with two attached hydrogens (primary N) is 1. The fourth-order valence-electron chi connectivity index (χ4n) is 1.73. The molecule has 0 aliphatic rings. The van der Waals surface area contributed by atoms with Crippen molar-refractivity contribution >= 4 is 15.7 Å². The zero-order valence-electron chi connectivity index (χ0n) is 12.4. The molecule has 0 fully saturated rings. The molecule has 6 heteroatoms. The van der Waals surface area contributed by atoms with E-state index in [4.69, 9.17) is 5.73 Å². The summed E-state index contributed by atoms with van der Waals surface area (Å²) in [7, 11) is -2.98. The van der Waals surface area contributed by atoms with Gasteiger partial charge in [-0.1, -0.05) is 12.8 Å². The predicted molar refractivity (Wildman–Crippen MR) is 78.7 cm³/mol. The maximum absolute atomic E-state index is 11.7. The van der Waals surface area contributed by atoms with E-state index < -0.39 is 15.4 Å². The summed E-state index contributed by atoms with van der Waals surface area (Å²) in [5, 5.41) is 2.89. The van der Waals surface area contributed by atoms with Gasteiger partial charge in [0.05, 0.1) is 5.75 Å². The molecule has 0 saturated carbocycles. The lowest BCUT2D eigenvalue weighted by atomic mass is 10.0. The van der Waals surface area contributed by atoms with Crippen LogP contribution in [0.4, 0.5) is 0 Å². The van der Waals surface area contributed by atoms with Gasteiger partial charge in [0.25, 0.3) is 0 Å². The third-order valence-electron chi connectivity index (χ3n) is 2.93. The second-order valence-corrected chi connectivity index (χ2v) is 8.02. The standard InChI is InChI=1S/C13H28N2O3S/c1-13(2,9-11-19(3,17)18)15-12(16)8-6-4-5-7-10-14/h4-11,14H2,1-3H3,(H,15,16). The van der Waals surface area contributed by atoms with Crippen molar-refractivity contribution in [2.45, 2.75) is 57.9 Å². The van der Waals surface area contributed by atoms with E-state index in [0.717, 1.165) is 25.7 Å². The molecule has 0 aromatic carbocycles. The van der Waals surface area contributed by atoms with Crippen LogP contribution in [0.1, 0.15) is 52.4 Å². The van der Waals surface area contributed by atoms with Crippen LogP contribution in [0.3, 0.4) is 0 Å². The lowest BCUT2D eigenvalue weighted by Crippen LogP contribution is -2.44. The first kappa shape index (κ1) is 18.4. The molecule has 1 amide bonds. The van der Waals surface area contributed by atoms with Crippen molar-refractivity contribution in [2.24, 2.45) is 5.73 Å². The molecule has 0 bridgehead atoms. The first-order valence-electron chi connectivity index (χ1n) is 6.85. The van der Waals surface area contributed by atoms with Crippen molar-refractivity contribution in [1.29, 1.82) is 0 Å². The number of amides is 1. The minimum absolute atomic E-state index is 0.00810. The normalized spacial score (nSPS) is 12.4. The fraction of sp³-hybridized carbons (Fsp3) is 0.923. The number of carbonyl (C=O) groups is 1. The van der Waals surface area contributed by atoms with Crippen LogP contribution >= 0.6 is 0 Å². The molecule has 0 aromatic heterocycles. The average molecular weight is 292 g/mol. The van der Waals surface area contributed by atoms with Gasteiger partial charge in [0.1, 0.15) is 9.84 Å². The Labute approximate surface area is 117 Å². The smallest absolute Gasteiger partial charge is 0.220 e. The summed E-state index contributed by atoms with van der Waals surface area (Å²) < 4.78 is 22.2. The van der Waals surface area contributed by atoms with Crippen molar-refractivity contribution in [3.63, 3.8) is 0 Å². The molecule has 0 rings (SSSR count). The predicted octanol–water partition coefficient (Wildman–Crippen LogP) is 1.23. The van der Waals surface area contributed by atoms with Gasteiger partial charge in [0, 0.05) is 18.2 Å². The molecule has 0 aliphatic heterocycles. The van der Waals surface area contributed by atoms with Gasteiger partial charge < -0.3 is 11.1 Å². The Bertz CT molecular complexity index is 364. The number of nitrogens with one attached hydrogen (secondary N) is 1. The highest BCUT2D eigenvalue weighted by molar-refractivity contribution is 7.90. The van der Waals surface area contributed by atoms with Gasteiger partial charge in [-0.15, -0.1) is 0 Å². The van der Waals surface area contributed by atoms with E-state index in [1.54, 1.807) is 0 Å². The molecule has 114 valence electrons. The Morgan fingerprint density at radius 3 is 2.26 bits per heavy atom. The minimum Gasteiger partial charge on any atom is -0.351 e. The summed E-state index contributed by atoms with van der Waals surface area (Å²) in [5.74, 6) is 0.0859. The zero-order valence-corrected chi connectivity index (χ0v) is 13.2. The van der Waals surface area contributed by atoms with Gasteiger partial charge in [-0.3, -0.25) is 4.79 Å². The summed E-state index contributed by atoms with van der Waals surface area (Å²) >= 11 is 0. The van der Waals surface area contributed by atoms with Crippen molar-refractivity contribution < 1.29 is 13.2 Å². The molecule has 0 atom stereocenters. The fourth-order valence-corrected chi connectivity index (χ4v) is 2.61. The Kier molecular flexibility index (Phi) is 8.25. The van der Waals surface area contributed by atoms with Gasteiger partial charge in [0.2, 0.25) is 5.91 Å². The molecule has 0 saturated heterocycles. The number of unbranched alkanes of at least 4 members (excludes halogenated alkanes) is 3. The minimum atomic E-state index is -2.98. The lowest BCUT2D eigenvalue weighted by molar-refractivity contribution is -0.122. The molecule has 0 heterocycles. The molecule has 0 unspecified atom stereocenters. The van der Waals surface area contributed by atoms with Crippen LogP contribution in [0.5, 0.6) is 0 Å². The van der Waals surface area contributed by atoms with Crippen LogP contribution in [0.25, 0.3) is 0 Å². The van der Waals surface area contributed by atoms with Crippen molar-refractivity contribution in [3.8, 4) is 0 Å². The van der Waals surface area contributed by atoms with E-state index in [9.17, 15) is 13.2 Å². The van der Waals surface area contributed by atoms with Crippen LogP contribution in [0.2, 0.25) is 0 Å². The van der Waals surface area contributed by atoms with E-state index in [2.05, 4.69) is 5.32 Å². The molecule has 19 heavy (non-hydrogen) atoms. The summed E-state index contributed by atoms with van der Waals surface area (Å²) in [5.41, 5.74) is 4.92. The van der Waals surface area contributed by atoms with Gasteiger partial charge in [-0.25, -0.2) is 8.42 Å². The van der Waals surface area contributed by atoms with E-state index in [-0.39, 0.29) is 11.7 Å². The molecule has 3 N–H and O–H groups in total. The molecular weight excluding hydrogens is 264 g/mol. The second kappa shape index (κ2) is 8.53. The number of hydrogen-bond donors (Lipinski definition) is 2. The lowest BCUT2D eigenvalue weighted by Gasteiger charge is -2.26. The quantitative estimate of drug-likeness (QED) is 0.593. The molecule has 0 aromatic rings. The zero-order chi connectivity index (χ0) is 14.9. The maximum Gasteiger partial charge on any atom is 0.220 e. The highest BCUT2D eigenvalue weighted by atomic mass is 32.2. The Morgan fingerprint density at radius 1 is 1.16 bits per heavy atom. The first-order chi connectivity index (χ1) is 8.66. The van der Waals surface area contributed by atoms with Crippen LogP contribution < -0.4 is 11.1 Å². The van der Waals surface area contributed by atoms with Gasteiger partial charge in [-0.05, 0) is 39.7 Å². The Hall–Kier alpha value is -0.620. The third-order valence-corrected chi connectivity index (χ3v) is 3.88. The van der Waals surface area contributed by atoms with Crippen molar-refractivity contribution in [2.75, 3.05) is 18.6 Å². The van der Waals surface area contributed by atoms with Gasteiger partial charge in [0.15, 0.2) is 0 Å². The molecule has 0 aliphatic carbocycles. The number of hydrogen-bond acceptors (Lipinski definition) is 4. The second-order valence-electron chi connectivity index (χ2n) is 5.76. The maximum atomic E-state index is 11.7. The summed E-state index contributed by atoms with van der Waals surface area (Å²) in [6.45, 7) is 4.40. The van der Waals surface area contributed by atoms with Crippen LogP contribution in [-0.4, -0.2) is 38.4 Å². The van der Waals surface area contributed by atoms with Crippen LogP contribution in [0.15, 0.2) is 0 Å². The third kappa shape index (κ3) is 12.2. The largest absolute Gasteiger partial charge is 0.351 e. The van der Waals surface area contributed by atoms with E-state index >= 15 is 0 Å². The van der Waals surface area contributed by atoms with Crippen molar-refractivity contribution in [1.82, 2.24) is 5.32 Å². The number of sulfone groups is 1. The van der Waals surface area contributed by atoms with E-state index in [0.29, 0.717) is 19.4 Å². The highest BCUT2D eigenvalue weighted by Crippen LogP contribution is 2.11. The Balaban J connectivity index is 3.89. The number of rotatable bonds is 10. The Morgan fingerprint density at radius 2 is 1.74 bits per heavy atom. The van der Waals surface area contributed by atoms with Crippen LogP contribution in [0, 0.1) is 0 Å². The SMILES string of the molecule is CC(C)(CCS(C)(=O)=O)NC(=O)CCCCCCN. The van der Waals surface area contributed by atoms with Crippen molar-refractivity contribution in [3.05, 3.63) is 0 Å². The monoisotopic (exact) mass is 292 g/mol. The van der Waals surface area contributed by atoms with Gasteiger partial charge in [-0.2, -0.15) is 0 Å². The van der Waals surface area contributed by atoms with E-state index in [1.165, 1.54) is 6.26 Å². The van der Waals surface area contributed by atoms with Crippen LogP contribution in [-0.2, 0) is 14.6 Å². The summed E-state index contributed by atoms with van der Waals surface area (Å²) in [6.07, 6.45) is 6.06. The summed E-state index contributed by atoms with van der Waals surface area (Å²) in [4.78, 5) is 11.7. The average Bonchev–Trinajstić information content (AvgIpc) is 2.25. The molecular formula is C13H28N2O3S. The molecule has 0 spiro atoms. The van der Waals surface area contributed by atoms with Gasteiger partial charge >= 0.3 is 0 Å².